The summed E-state index contributed by atoms with van der Waals surface area (Å²) in [6.45, 7) is 2.06. The topological polar surface area (TPSA) is 23.5 Å². The summed E-state index contributed by atoms with van der Waals surface area (Å²) >= 11 is 5.95. The van der Waals surface area contributed by atoms with Crippen molar-refractivity contribution in [2.45, 2.75) is 25.3 Å². The van der Waals surface area contributed by atoms with Crippen molar-refractivity contribution in [3.8, 4) is 0 Å². The van der Waals surface area contributed by atoms with E-state index < -0.39 is 0 Å². The highest BCUT2D eigenvalue weighted by molar-refractivity contribution is 6.30. The molecule has 2 aromatic carbocycles. The third kappa shape index (κ3) is 4.35. The summed E-state index contributed by atoms with van der Waals surface area (Å²) < 4.78 is 13.0. The molecule has 0 radical (unpaired) electrons. The van der Waals surface area contributed by atoms with Gasteiger partial charge in [0.05, 0.1) is 12.6 Å². The normalized spacial score (nSPS) is 17.8. The highest BCUT2D eigenvalue weighted by atomic mass is 35.5. The fraction of sp³-hybridized carbons (Fsp3) is 0.400. The molecule has 1 N–H and O–H groups in total. The third-order valence-corrected chi connectivity index (χ3v) is 5.21. The Balaban J connectivity index is 1.57. The maximum Gasteiger partial charge on any atom is 0.123 e. The molecule has 1 fully saturated rings. The molecule has 1 aliphatic rings. The second kappa shape index (κ2) is 8.11. The van der Waals surface area contributed by atoms with Crippen LogP contribution in [-0.4, -0.2) is 29.7 Å². The largest absolute Gasteiger partial charge is 0.394 e. The zero-order chi connectivity index (χ0) is 16.9. The summed E-state index contributed by atoms with van der Waals surface area (Å²) in [6, 6.07) is 14.6. The smallest absolute Gasteiger partial charge is 0.123 e. The zero-order valence-corrected chi connectivity index (χ0v) is 14.4. The van der Waals surface area contributed by atoms with Gasteiger partial charge in [0, 0.05) is 5.02 Å². The van der Waals surface area contributed by atoms with Gasteiger partial charge < -0.3 is 5.11 Å². The minimum Gasteiger partial charge on any atom is -0.394 e. The Bertz CT molecular complexity index is 636. The van der Waals surface area contributed by atoms with Crippen LogP contribution in [-0.2, 0) is 6.42 Å². The van der Waals surface area contributed by atoms with Crippen LogP contribution in [0.25, 0.3) is 0 Å². The molecule has 0 amide bonds. The average Bonchev–Trinajstić information content (AvgIpc) is 2.61. The van der Waals surface area contributed by atoms with Crippen LogP contribution < -0.4 is 0 Å². The summed E-state index contributed by atoms with van der Waals surface area (Å²) in [5, 5.41) is 10.5. The van der Waals surface area contributed by atoms with E-state index in [1.807, 2.05) is 36.4 Å². The van der Waals surface area contributed by atoms with E-state index >= 15 is 0 Å². The first-order chi connectivity index (χ1) is 11.7. The molecule has 128 valence electrons. The number of nitrogens with zero attached hydrogens (tertiary/aromatic N) is 1. The van der Waals surface area contributed by atoms with E-state index in [4.69, 9.17) is 11.6 Å². The van der Waals surface area contributed by atoms with E-state index in [-0.39, 0.29) is 18.5 Å². The van der Waals surface area contributed by atoms with Crippen molar-refractivity contribution in [1.29, 1.82) is 0 Å². The van der Waals surface area contributed by atoms with Gasteiger partial charge in [-0.2, -0.15) is 0 Å². The predicted octanol–water partition coefficient (Wildman–Crippen LogP) is 4.47. The van der Waals surface area contributed by atoms with Crippen molar-refractivity contribution in [1.82, 2.24) is 4.90 Å². The number of hydrogen-bond donors (Lipinski definition) is 1. The molecule has 0 unspecified atom stereocenters. The van der Waals surface area contributed by atoms with Gasteiger partial charge in [-0.15, -0.1) is 0 Å². The third-order valence-electron chi connectivity index (χ3n) is 4.96. The second-order valence-electron chi connectivity index (χ2n) is 6.56. The van der Waals surface area contributed by atoms with Gasteiger partial charge in [0.1, 0.15) is 5.82 Å². The van der Waals surface area contributed by atoms with Crippen LogP contribution in [0.4, 0.5) is 4.39 Å². The van der Waals surface area contributed by atoms with Crippen LogP contribution in [0.1, 0.15) is 30.0 Å². The van der Waals surface area contributed by atoms with E-state index in [0.29, 0.717) is 10.9 Å². The monoisotopic (exact) mass is 347 g/mol. The molecule has 2 nitrogen and oxygen atoms in total. The number of aliphatic hydroxyl groups excluding tert-OH is 1. The van der Waals surface area contributed by atoms with Gasteiger partial charge in [-0.25, -0.2) is 4.39 Å². The number of aliphatic hydroxyl groups is 1. The molecule has 1 saturated heterocycles. The molecule has 4 heteroatoms. The first kappa shape index (κ1) is 17.4. The molecule has 1 heterocycles. The number of rotatable bonds is 5. The molecule has 1 atom stereocenters. The molecule has 0 spiro atoms. The molecule has 0 aromatic heterocycles. The van der Waals surface area contributed by atoms with Gasteiger partial charge in [0.15, 0.2) is 0 Å². The second-order valence-corrected chi connectivity index (χ2v) is 7.00. The lowest BCUT2D eigenvalue weighted by atomic mass is 9.89. The molecule has 2 aromatic rings. The predicted molar refractivity (Wildman–Crippen MR) is 95.7 cm³/mol. The van der Waals surface area contributed by atoms with Gasteiger partial charge in [-0.1, -0.05) is 35.9 Å². The van der Waals surface area contributed by atoms with Crippen LogP contribution in [0.2, 0.25) is 5.02 Å². The lowest BCUT2D eigenvalue weighted by molar-refractivity contribution is 0.0864. The van der Waals surface area contributed by atoms with Crippen molar-refractivity contribution < 1.29 is 9.50 Å². The number of likely N-dealkylation sites (tertiary alicyclic amines) is 1. The number of halogens is 2. The standard InChI is InChI=1S/C20H23ClFNO/c21-18-5-3-17(4-6-18)20(14-24)23-11-9-16(10-12-23)13-15-1-7-19(22)8-2-15/h1-8,16,20,24H,9-14H2/t20-/m1/s1. The summed E-state index contributed by atoms with van der Waals surface area (Å²) in [5.74, 6) is 0.443. The first-order valence-electron chi connectivity index (χ1n) is 8.50. The molecule has 0 bridgehead atoms. The number of hydrogen-bond acceptors (Lipinski definition) is 2. The molecule has 0 saturated carbocycles. The fourth-order valence-electron chi connectivity index (χ4n) is 3.54. The molecule has 1 aliphatic heterocycles. The Morgan fingerprint density at radius 3 is 2.25 bits per heavy atom. The van der Waals surface area contributed by atoms with E-state index in [0.717, 1.165) is 37.9 Å². The summed E-state index contributed by atoms with van der Waals surface area (Å²) in [6.07, 6.45) is 3.20. The van der Waals surface area contributed by atoms with Gasteiger partial charge in [-0.3, -0.25) is 4.90 Å². The van der Waals surface area contributed by atoms with Crippen LogP contribution in [0, 0.1) is 11.7 Å². The Morgan fingerprint density at radius 2 is 1.67 bits per heavy atom. The quantitative estimate of drug-likeness (QED) is 0.862. The van der Waals surface area contributed by atoms with Gasteiger partial charge in [-0.05, 0) is 73.7 Å². The van der Waals surface area contributed by atoms with Crippen LogP contribution in [0.15, 0.2) is 48.5 Å². The zero-order valence-electron chi connectivity index (χ0n) is 13.7. The minimum absolute atomic E-state index is 0.0361. The summed E-state index contributed by atoms with van der Waals surface area (Å²) in [7, 11) is 0. The van der Waals surface area contributed by atoms with Crippen molar-refractivity contribution in [3.63, 3.8) is 0 Å². The summed E-state index contributed by atoms with van der Waals surface area (Å²) in [5.41, 5.74) is 2.31. The molecular weight excluding hydrogens is 325 g/mol. The lowest BCUT2D eigenvalue weighted by Gasteiger charge is -2.37. The molecule has 3 rings (SSSR count). The Morgan fingerprint density at radius 1 is 1.04 bits per heavy atom. The van der Waals surface area contributed by atoms with Crippen molar-refractivity contribution in [2.24, 2.45) is 5.92 Å². The van der Waals surface area contributed by atoms with Gasteiger partial charge in [0.2, 0.25) is 0 Å². The number of benzene rings is 2. The maximum absolute atomic E-state index is 13.0. The highest BCUT2D eigenvalue weighted by Gasteiger charge is 2.25. The van der Waals surface area contributed by atoms with E-state index in [1.54, 1.807) is 0 Å². The maximum atomic E-state index is 13.0. The Kier molecular flexibility index (Phi) is 5.88. The lowest BCUT2D eigenvalue weighted by Crippen LogP contribution is -2.38. The molecular formula is C20H23ClFNO. The highest BCUT2D eigenvalue weighted by Crippen LogP contribution is 2.29. The molecule has 24 heavy (non-hydrogen) atoms. The Labute approximate surface area is 147 Å². The van der Waals surface area contributed by atoms with E-state index in [2.05, 4.69) is 4.90 Å². The Hall–Kier alpha value is -1.42. The van der Waals surface area contributed by atoms with Crippen molar-refractivity contribution in [2.75, 3.05) is 19.7 Å². The van der Waals surface area contributed by atoms with Crippen molar-refractivity contribution >= 4 is 11.6 Å². The van der Waals surface area contributed by atoms with Gasteiger partial charge >= 0.3 is 0 Å². The van der Waals surface area contributed by atoms with Crippen LogP contribution >= 0.6 is 11.6 Å². The summed E-state index contributed by atoms with van der Waals surface area (Å²) in [4.78, 5) is 2.35. The first-order valence-corrected chi connectivity index (χ1v) is 8.88. The SMILES string of the molecule is OC[C@H](c1ccc(Cl)cc1)N1CCC(Cc2ccc(F)cc2)CC1. The fourth-order valence-corrected chi connectivity index (χ4v) is 3.67. The van der Waals surface area contributed by atoms with E-state index in [9.17, 15) is 9.50 Å². The number of piperidine rings is 1. The average molecular weight is 348 g/mol. The van der Waals surface area contributed by atoms with Crippen LogP contribution in [0.3, 0.4) is 0 Å². The van der Waals surface area contributed by atoms with Crippen LogP contribution in [0.5, 0.6) is 0 Å². The van der Waals surface area contributed by atoms with E-state index in [1.165, 1.54) is 17.7 Å². The molecule has 0 aliphatic carbocycles. The van der Waals surface area contributed by atoms with Crippen molar-refractivity contribution in [3.05, 3.63) is 70.5 Å². The minimum atomic E-state index is -0.178. The van der Waals surface area contributed by atoms with Gasteiger partial charge in [0.25, 0.3) is 0 Å².